The van der Waals surface area contributed by atoms with Crippen molar-refractivity contribution >= 4 is 12.6 Å². The molecule has 0 saturated carbocycles. The van der Waals surface area contributed by atoms with Crippen molar-refractivity contribution in [1.82, 2.24) is 0 Å². The van der Waals surface area contributed by atoms with E-state index in [1.54, 1.807) is 6.08 Å². The number of allylic oxidation sites excluding steroid dienone is 1. The topological polar surface area (TPSA) is 101 Å². The highest BCUT2D eigenvalue weighted by molar-refractivity contribution is 5.88. The molecule has 0 aromatic carbocycles. The lowest BCUT2D eigenvalue weighted by Gasteiger charge is -2.25. The molecule has 0 spiro atoms. The highest BCUT2D eigenvalue weighted by Crippen LogP contribution is 2.13. The molecule has 0 saturated heterocycles. The quantitative estimate of drug-likeness (QED) is 0.161. The van der Waals surface area contributed by atoms with Crippen molar-refractivity contribution in [2.45, 2.75) is 102 Å². The van der Waals surface area contributed by atoms with E-state index in [0.29, 0.717) is 0 Å². The van der Waals surface area contributed by atoms with E-state index < -0.39 is 17.7 Å². The number of aliphatic hydroxyl groups is 2. The smallest absolute Gasteiger partial charge is 0.193 e. The van der Waals surface area contributed by atoms with Gasteiger partial charge < -0.3 is 15.9 Å². The number of nitrogens with two attached hydrogens (primary N) is 1. The fourth-order valence-corrected chi connectivity index (χ4v) is 2.74. The third-order valence-corrected chi connectivity index (χ3v) is 4.59. The fourth-order valence-electron chi connectivity index (χ4n) is 2.74. The van der Waals surface area contributed by atoms with Crippen molar-refractivity contribution in [3.05, 3.63) is 12.2 Å². The maximum atomic E-state index is 10.7. The summed E-state index contributed by atoms with van der Waals surface area (Å²) in [6.07, 6.45) is 17.0. The maximum absolute atomic E-state index is 10.7. The van der Waals surface area contributed by atoms with Crippen molar-refractivity contribution in [3.8, 4) is 0 Å². The third-order valence-electron chi connectivity index (χ3n) is 4.59. The molecule has 0 rings (SSSR count). The normalized spacial score (nSPS) is 14.6. The molecule has 0 heterocycles. The minimum absolute atomic E-state index is 0.0610. The van der Waals surface area contributed by atoms with Gasteiger partial charge in [-0.15, -0.1) is 0 Å². The predicted molar refractivity (Wildman–Crippen MR) is 101 cm³/mol. The molecule has 146 valence electrons. The largest absolute Gasteiger partial charge is 0.387 e. The monoisotopic (exact) mass is 355 g/mol. The van der Waals surface area contributed by atoms with Crippen LogP contribution in [0, 0.1) is 0 Å². The third kappa shape index (κ3) is 11.2. The average Bonchev–Trinajstić information content (AvgIpc) is 2.63. The number of carbonyl (C=O) groups is 2. The van der Waals surface area contributed by atoms with E-state index in [-0.39, 0.29) is 12.6 Å². The van der Waals surface area contributed by atoms with Gasteiger partial charge in [-0.1, -0.05) is 83.3 Å². The summed E-state index contributed by atoms with van der Waals surface area (Å²) in [4.78, 5) is 21.4. The van der Waals surface area contributed by atoms with Gasteiger partial charge in [0.15, 0.2) is 18.2 Å². The minimum Gasteiger partial charge on any atom is -0.387 e. The molecular formula is C20H37NO4. The van der Waals surface area contributed by atoms with Crippen LogP contribution in [-0.2, 0) is 9.59 Å². The van der Waals surface area contributed by atoms with Gasteiger partial charge in [-0.3, -0.25) is 9.59 Å². The van der Waals surface area contributed by atoms with Gasteiger partial charge in [-0.05, 0) is 12.8 Å². The van der Waals surface area contributed by atoms with Crippen LogP contribution in [0.3, 0.4) is 0 Å². The fraction of sp³-hybridized carbons (Fsp3) is 0.800. The highest BCUT2D eigenvalue weighted by atomic mass is 16.3. The Balaban J connectivity index is 3.63. The van der Waals surface area contributed by atoms with Crippen LogP contribution in [0.15, 0.2) is 12.2 Å². The highest BCUT2D eigenvalue weighted by Gasteiger charge is 2.37. The first-order valence-corrected chi connectivity index (χ1v) is 9.77. The van der Waals surface area contributed by atoms with Crippen LogP contribution in [-0.4, -0.2) is 40.5 Å². The second kappa shape index (κ2) is 15.2. The zero-order valence-corrected chi connectivity index (χ0v) is 15.7. The van der Waals surface area contributed by atoms with Gasteiger partial charge in [-0.2, -0.15) is 0 Å². The molecule has 0 aliphatic heterocycles. The second-order valence-corrected chi connectivity index (χ2v) is 6.89. The summed E-state index contributed by atoms with van der Waals surface area (Å²) in [6, 6.07) is -1.35. The molecule has 0 radical (unpaired) electrons. The minimum atomic E-state index is -2.33. The van der Waals surface area contributed by atoms with Crippen LogP contribution in [0.5, 0.6) is 0 Å². The summed E-state index contributed by atoms with van der Waals surface area (Å²) >= 11 is 0. The number of aldehydes is 2. The van der Waals surface area contributed by atoms with E-state index in [0.717, 1.165) is 19.3 Å². The molecule has 0 fully saturated rings. The van der Waals surface area contributed by atoms with Crippen LogP contribution < -0.4 is 5.73 Å². The molecule has 5 nitrogen and oxygen atoms in total. The van der Waals surface area contributed by atoms with Gasteiger partial charge in [0, 0.05) is 0 Å². The number of rotatable bonds is 17. The Bertz CT molecular complexity index is 363. The summed E-state index contributed by atoms with van der Waals surface area (Å²) in [5.74, 6) is 0. The van der Waals surface area contributed by atoms with Crippen LogP contribution in [0.25, 0.3) is 0 Å². The molecule has 0 aromatic heterocycles. The predicted octanol–water partition coefficient (Wildman–Crippen LogP) is 3.06. The Kier molecular flexibility index (Phi) is 14.6. The second-order valence-electron chi connectivity index (χ2n) is 6.89. The zero-order chi connectivity index (χ0) is 19.0. The summed E-state index contributed by atoms with van der Waals surface area (Å²) in [6.45, 7) is 2.24. The van der Waals surface area contributed by atoms with Crippen LogP contribution in [0.1, 0.15) is 84.0 Å². The van der Waals surface area contributed by atoms with E-state index in [9.17, 15) is 19.8 Å². The van der Waals surface area contributed by atoms with Crippen LogP contribution in [0.2, 0.25) is 0 Å². The number of carbonyl (C=O) groups excluding carboxylic acids is 2. The van der Waals surface area contributed by atoms with Crippen molar-refractivity contribution < 1.29 is 19.8 Å². The van der Waals surface area contributed by atoms with Gasteiger partial charge in [-0.25, -0.2) is 0 Å². The summed E-state index contributed by atoms with van der Waals surface area (Å²) in [5, 5.41) is 19.4. The van der Waals surface area contributed by atoms with Crippen molar-refractivity contribution in [3.63, 3.8) is 0 Å². The van der Waals surface area contributed by atoms with Gasteiger partial charge >= 0.3 is 0 Å². The molecule has 4 N–H and O–H groups in total. The summed E-state index contributed by atoms with van der Waals surface area (Å²) < 4.78 is 0. The zero-order valence-electron chi connectivity index (χ0n) is 15.7. The Morgan fingerprint density at radius 3 is 1.76 bits per heavy atom. The van der Waals surface area contributed by atoms with E-state index in [4.69, 9.17) is 5.73 Å². The van der Waals surface area contributed by atoms with Crippen molar-refractivity contribution in [2.24, 2.45) is 5.73 Å². The first-order valence-electron chi connectivity index (χ1n) is 9.77. The lowest BCUT2D eigenvalue weighted by Crippen LogP contribution is -2.56. The molecular weight excluding hydrogens is 318 g/mol. The molecule has 5 heteroatoms. The number of unbranched alkanes of at least 4 members (excludes halogenated alkanes) is 11. The first-order chi connectivity index (χ1) is 12.0. The summed E-state index contributed by atoms with van der Waals surface area (Å²) in [7, 11) is 0. The SMILES string of the molecule is CCCCCCCCCCCCC/C=C/[C@@H](O)[C@@H](N)C(O)(C=O)C=O. The molecule has 0 unspecified atom stereocenters. The Morgan fingerprint density at radius 2 is 1.32 bits per heavy atom. The van der Waals surface area contributed by atoms with E-state index in [2.05, 4.69) is 6.92 Å². The van der Waals surface area contributed by atoms with Crippen LogP contribution in [0.4, 0.5) is 0 Å². The Morgan fingerprint density at radius 1 is 0.880 bits per heavy atom. The van der Waals surface area contributed by atoms with E-state index in [1.807, 2.05) is 0 Å². The van der Waals surface area contributed by atoms with E-state index >= 15 is 0 Å². The molecule has 0 aliphatic rings. The van der Waals surface area contributed by atoms with Gasteiger partial charge in [0.25, 0.3) is 0 Å². The van der Waals surface area contributed by atoms with Gasteiger partial charge in [0.2, 0.25) is 0 Å². The van der Waals surface area contributed by atoms with E-state index in [1.165, 1.54) is 63.9 Å². The van der Waals surface area contributed by atoms with Crippen molar-refractivity contribution in [2.75, 3.05) is 0 Å². The molecule has 2 atom stereocenters. The lowest BCUT2D eigenvalue weighted by atomic mass is 9.93. The lowest BCUT2D eigenvalue weighted by molar-refractivity contribution is -0.139. The Hall–Kier alpha value is -1.04. The first kappa shape index (κ1) is 24.0. The maximum Gasteiger partial charge on any atom is 0.193 e. The number of hydrogen-bond acceptors (Lipinski definition) is 5. The summed E-state index contributed by atoms with van der Waals surface area (Å²) in [5.41, 5.74) is 3.22. The number of aliphatic hydroxyl groups excluding tert-OH is 1. The number of hydrogen-bond donors (Lipinski definition) is 3. The molecule has 0 amide bonds. The van der Waals surface area contributed by atoms with Gasteiger partial charge in [0.05, 0.1) is 12.1 Å². The van der Waals surface area contributed by atoms with Gasteiger partial charge in [0.1, 0.15) is 0 Å². The molecule has 0 aromatic rings. The molecule has 0 bridgehead atoms. The van der Waals surface area contributed by atoms with Crippen LogP contribution >= 0.6 is 0 Å². The standard InChI is InChI=1S/C20H37NO4/c1-2-3-4-5-6-7-8-9-10-11-12-13-14-15-18(24)19(21)20(25,16-22)17-23/h14-19,24-25H,2-13,21H2,1H3/b15-14+/t18-,19-/m1/s1. The van der Waals surface area contributed by atoms with Crippen molar-refractivity contribution in [1.29, 1.82) is 0 Å². The average molecular weight is 356 g/mol. The molecule has 25 heavy (non-hydrogen) atoms. The Labute approximate surface area is 152 Å². The molecule has 0 aliphatic carbocycles.